The first kappa shape index (κ1) is 14.1. The molecule has 20 heavy (non-hydrogen) atoms. The summed E-state index contributed by atoms with van der Waals surface area (Å²) in [5, 5.41) is 9.29. The van der Waals surface area contributed by atoms with Crippen molar-refractivity contribution >= 4 is 17.5 Å². The van der Waals surface area contributed by atoms with Gasteiger partial charge >= 0.3 is 5.97 Å². The number of rotatable bonds is 3. The minimum atomic E-state index is -0.969. The van der Waals surface area contributed by atoms with Gasteiger partial charge in [-0.1, -0.05) is 6.07 Å². The number of hydrogen-bond acceptors (Lipinski definition) is 3. The molecule has 0 unspecified atom stereocenters. The molecule has 0 aliphatic heterocycles. The predicted octanol–water partition coefficient (Wildman–Crippen LogP) is 3.47. The van der Waals surface area contributed by atoms with Gasteiger partial charge in [0.2, 0.25) is 0 Å². The van der Waals surface area contributed by atoms with Crippen molar-refractivity contribution in [2.75, 3.05) is 11.9 Å². The third-order valence-electron chi connectivity index (χ3n) is 3.16. The molecule has 1 heterocycles. The largest absolute Gasteiger partial charge is 0.478 e. The topological polar surface area (TPSA) is 53.4 Å². The number of benzene rings is 1. The Morgan fingerprint density at radius 2 is 1.70 bits per heavy atom. The Bertz CT molecular complexity index is 645. The highest BCUT2D eigenvalue weighted by molar-refractivity contribution is 5.94. The molecule has 104 valence electrons. The molecule has 0 atom stereocenters. The minimum Gasteiger partial charge on any atom is -0.478 e. The number of aromatic nitrogens is 1. The first-order valence-corrected chi connectivity index (χ1v) is 6.41. The lowest BCUT2D eigenvalue weighted by molar-refractivity contribution is 0.0697. The average Bonchev–Trinajstić information content (AvgIpc) is 2.36. The SMILES string of the molecule is Cc1cc(C)cc(N(C)c2nc(C)ccc2C(=O)O)c1. The molecule has 2 rings (SSSR count). The molecule has 0 aliphatic carbocycles. The highest BCUT2D eigenvalue weighted by atomic mass is 16.4. The summed E-state index contributed by atoms with van der Waals surface area (Å²) in [4.78, 5) is 17.5. The molecule has 0 radical (unpaired) electrons. The molecule has 0 amide bonds. The summed E-state index contributed by atoms with van der Waals surface area (Å²) in [6, 6.07) is 9.42. The maximum atomic E-state index is 11.3. The van der Waals surface area contributed by atoms with Crippen LogP contribution in [-0.4, -0.2) is 23.1 Å². The fraction of sp³-hybridized carbons (Fsp3) is 0.250. The Hall–Kier alpha value is -2.36. The van der Waals surface area contributed by atoms with E-state index < -0.39 is 5.97 Å². The lowest BCUT2D eigenvalue weighted by Gasteiger charge is -2.21. The number of carboxylic acid groups (broad SMARTS) is 1. The second-order valence-corrected chi connectivity index (χ2v) is 5.03. The van der Waals surface area contributed by atoms with Crippen molar-refractivity contribution in [3.8, 4) is 0 Å². The number of pyridine rings is 1. The van der Waals surface area contributed by atoms with E-state index in [4.69, 9.17) is 0 Å². The number of aromatic carboxylic acids is 1. The third kappa shape index (κ3) is 2.79. The molecule has 2 aromatic rings. The molecule has 4 nitrogen and oxygen atoms in total. The van der Waals surface area contributed by atoms with Crippen LogP contribution in [0, 0.1) is 20.8 Å². The Kier molecular flexibility index (Phi) is 3.74. The van der Waals surface area contributed by atoms with Crippen molar-refractivity contribution in [2.45, 2.75) is 20.8 Å². The van der Waals surface area contributed by atoms with Gasteiger partial charge in [0.15, 0.2) is 0 Å². The molecular weight excluding hydrogens is 252 g/mol. The molecule has 0 fully saturated rings. The van der Waals surface area contributed by atoms with Gasteiger partial charge in [-0.15, -0.1) is 0 Å². The Morgan fingerprint density at radius 3 is 2.25 bits per heavy atom. The van der Waals surface area contributed by atoms with E-state index in [1.807, 2.05) is 44.9 Å². The highest BCUT2D eigenvalue weighted by Gasteiger charge is 2.16. The first-order chi connectivity index (χ1) is 9.38. The fourth-order valence-electron chi connectivity index (χ4n) is 2.23. The summed E-state index contributed by atoms with van der Waals surface area (Å²) < 4.78 is 0. The molecule has 4 heteroatoms. The van der Waals surface area contributed by atoms with Gasteiger partial charge in [0, 0.05) is 18.4 Å². The van der Waals surface area contributed by atoms with E-state index in [1.54, 1.807) is 12.1 Å². The van der Waals surface area contributed by atoms with Crippen LogP contribution in [0.4, 0.5) is 11.5 Å². The van der Waals surface area contributed by atoms with Gasteiger partial charge in [-0.3, -0.25) is 0 Å². The molecule has 0 saturated carbocycles. The lowest BCUT2D eigenvalue weighted by atomic mass is 10.1. The van der Waals surface area contributed by atoms with Crippen molar-refractivity contribution in [1.82, 2.24) is 4.98 Å². The number of nitrogens with zero attached hydrogens (tertiary/aromatic N) is 2. The molecule has 0 spiro atoms. The van der Waals surface area contributed by atoms with Gasteiger partial charge in [0.05, 0.1) is 0 Å². The summed E-state index contributed by atoms with van der Waals surface area (Å²) >= 11 is 0. The zero-order valence-electron chi connectivity index (χ0n) is 12.1. The van der Waals surface area contributed by atoms with Crippen molar-refractivity contribution in [2.24, 2.45) is 0 Å². The zero-order valence-corrected chi connectivity index (χ0v) is 12.1. The molecular formula is C16H18N2O2. The van der Waals surface area contributed by atoms with Crippen LogP contribution in [-0.2, 0) is 0 Å². The molecule has 1 N–H and O–H groups in total. The van der Waals surface area contributed by atoms with Crippen molar-refractivity contribution in [1.29, 1.82) is 0 Å². The minimum absolute atomic E-state index is 0.206. The first-order valence-electron chi connectivity index (χ1n) is 6.41. The van der Waals surface area contributed by atoms with Crippen LogP contribution in [0.25, 0.3) is 0 Å². The van der Waals surface area contributed by atoms with Gasteiger partial charge in [0.25, 0.3) is 0 Å². The van der Waals surface area contributed by atoms with Gasteiger partial charge in [0.1, 0.15) is 11.4 Å². The van der Waals surface area contributed by atoms with Crippen LogP contribution in [0.5, 0.6) is 0 Å². The maximum absolute atomic E-state index is 11.3. The molecule has 0 saturated heterocycles. The standard InChI is InChI=1S/C16H18N2O2/c1-10-7-11(2)9-13(8-10)18(4)15-14(16(19)20)6-5-12(3)17-15/h5-9H,1-4H3,(H,19,20). The van der Waals surface area contributed by atoms with Gasteiger partial charge in [-0.25, -0.2) is 9.78 Å². The third-order valence-corrected chi connectivity index (χ3v) is 3.16. The van der Waals surface area contributed by atoms with E-state index in [0.29, 0.717) is 5.82 Å². The summed E-state index contributed by atoms with van der Waals surface area (Å²) in [5.41, 5.74) is 4.20. The predicted molar refractivity (Wildman–Crippen MR) is 79.9 cm³/mol. The van der Waals surface area contributed by atoms with Crippen LogP contribution in [0.2, 0.25) is 0 Å². The number of carboxylic acids is 1. The number of aryl methyl sites for hydroxylation is 3. The second kappa shape index (κ2) is 5.33. The zero-order chi connectivity index (χ0) is 14.9. The van der Waals surface area contributed by atoms with Gasteiger partial charge in [-0.05, 0) is 56.2 Å². The fourth-order valence-corrected chi connectivity index (χ4v) is 2.23. The van der Waals surface area contributed by atoms with Crippen molar-refractivity contribution in [3.63, 3.8) is 0 Å². The van der Waals surface area contributed by atoms with Crippen LogP contribution in [0.3, 0.4) is 0 Å². The second-order valence-electron chi connectivity index (χ2n) is 5.03. The Morgan fingerprint density at radius 1 is 1.10 bits per heavy atom. The summed E-state index contributed by atoms with van der Waals surface area (Å²) in [6.45, 7) is 5.89. The van der Waals surface area contributed by atoms with Gasteiger partial charge in [-0.2, -0.15) is 0 Å². The normalized spacial score (nSPS) is 10.4. The van der Waals surface area contributed by atoms with E-state index in [1.165, 1.54) is 0 Å². The number of anilines is 2. The molecule has 0 bridgehead atoms. The van der Waals surface area contributed by atoms with Crippen LogP contribution in [0.15, 0.2) is 30.3 Å². The van der Waals surface area contributed by atoms with E-state index >= 15 is 0 Å². The quantitative estimate of drug-likeness (QED) is 0.927. The summed E-state index contributed by atoms with van der Waals surface area (Å²) in [6.07, 6.45) is 0. The van der Waals surface area contributed by atoms with E-state index in [2.05, 4.69) is 11.1 Å². The monoisotopic (exact) mass is 270 g/mol. The average molecular weight is 270 g/mol. The number of carbonyl (C=O) groups is 1. The van der Waals surface area contributed by atoms with Crippen LogP contribution < -0.4 is 4.90 Å². The Balaban J connectivity index is 2.54. The number of hydrogen-bond donors (Lipinski definition) is 1. The van der Waals surface area contributed by atoms with E-state index in [-0.39, 0.29) is 5.56 Å². The van der Waals surface area contributed by atoms with E-state index in [0.717, 1.165) is 22.5 Å². The van der Waals surface area contributed by atoms with Crippen molar-refractivity contribution < 1.29 is 9.90 Å². The maximum Gasteiger partial charge on any atom is 0.339 e. The van der Waals surface area contributed by atoms with Gasteiger partial charge < -0.3 is 10.0 Å². The van der Waals surface area contributed by atoms with Crippen LogP contribution >= 0.6 is 0 Å². The summed E-state index contributed by atoms with van der Waals surface area (Å²) in [5.74, 6) is -0.508. The highest BCUT2D eigenvalue weighted by Crippen LogP contribution is 2.27. The molecule has 0 aliphatic rings. The van der Waals surface area contributed by atoms with E-state index in [9.17, 15) is 9.90 Å². The molecule has 1 aromatic heterocycles. The lowest BCUT2D eigenvalue weighted by Crippen LogP contribution is -2.16. The summed E-state index contributed by atoms with van der Waals surface area (Å²) in [7, 11) is 1.84. The smallest absolute Gasteiger partial charge is 0.339 e. The van der Waals surface area contributed by atoms with Crippen LogP contribution in [0.1, 0.15) is 27.2 Å². The van der Waals surface area contributed by atoms with Crippen molar-refractivity contribution in [3.05, 3.63) is 52.7 Å². The Labute approximate surface area is 118 Å². The molecule has 1 aromatic carbocycles.